The molecule has 0 bridgehead atoms. The molecule has 1 amide bonds. The summed E-state index contributed by atoms with van der Waals surface area (Å²) in [5.74, 6) is -0.0641. The lowest BCUT2D eigenvalue weighted by Gasteiger charge is -2.09. The van der Waals surface area contributed by atoms with Crippen LogP contribution in [0.2, 0.25) is 0 Å². The number of rotatable bonds is 4. The van der Waals surface area contributed by atoms with E-state index in [0.717, 1.165) is 31.8 Å². The predicted molar refractivity (Wildman–Crippen MR) is 100 cm³/mol. The van der Waals surface area contributed by atoms with Gasteiger partial charge in [-0.1, -0.05) is 24.3 Å². The maximum atomic E-state index is 12.5. The van der Waals surface area contributed by atoms with Crippen LogP contribution in [-0.2, 0) is 6.54 Å². The molecule has 4 rings (SSSR count). The zero-order valence-corrected chi connectivity index (χ0v) is 14.2. The van der Waals surface area contributed by atoms with E-state index in [2.05, 4.69) is 15.3 Å². The Balaban J connectivity index is 1.54. The Morgan fingerprint density at radius 3 is 2.68 bits per heavy atom. The smallest absolute Gasteiger partial charge is 0.261 e. The summed E-state index contributed by atoms with van der Waals surface area (Å²) in [7, 11) is 0. The first-order valence-corrected chi connectivity index (χ1v) is 8.74. The minimum Gasteiger partial charge on any atom is -0.347 e. The zero-order valence-electron chi connectivity index (χ0n) is 13.3. The van der Waals surface area contributed by atoms with E-state index in [9.17, 15) is 4.79 Å². The Hall–Kier alpha value is -3.05. The molecule has 0 atom stereocenters. The van der Waals surface area contributed by atoms with Crippen molar-refractivity contribution in [1.82, 2.24) is 15.3 Å². The summed E-state index contributed by atoms with van der Waals surface area (Å²) in [4.78, 5) is 21.7. The number of nitrogens with one attached hydrogen (secondary N) is 1. The predicted octanol–water partition coefficient (Wildman–Crippen LogP) is 4.29. The summed E-state index contributed by atoms with van der Waals surface area (Å²) in [6, 6.07) is 17.6. The Morgan fingerprint density at radius 2 is 1.84 bits per heavy atom. The van der Waals surface area contributed by atoms with Gasteiger partial charge in [-0.05, 0) is 41.3 Å². The molecule has 0 radical (unpaired) electrons. The molecule has 0 saturated heterocycles. The van der Waals surface area contributed by atoms with Crippen molar-refractivity contribution in [2.75, 3.05) is 0 Å². The van der Waals surface area contributed by atoms with Crippen LogP contribution in [-0.4, -0.2) is 15.9 Å². The van der Waals surface area contributed by atoms with Gasteiger partial charge in [0, 0.05) is 35.4 Å². The van der Waals surface area contributed by atoms with Crippen LogP contribution in [0.4, 0.5) is 0 Å². The van der Waals surface area contributed by atoms with Crippen molar-refractivity contribution in [2.24, 2.45) is 0 Å². The third-order valence-corrected chi connectivity index (χ3v) is 5.05. The molecule has 0 fully saturated rings. The number of fused-ring (bicyclic) bond motifs is 1. The van der Waals surface area contributed by atoms with Crippen molar-refractivity contribution in [2.45, 2.75) is 6.54 Å². The molecular formula is C20H15N3OS. The standard InChI is InChI=1S/C20H15N3OS/c24-20(18-12-15-4-1-2-6-17(15)25-18)23-13-16-5-3-9-22-19(16)14-7-10-21-11-8-14/h1-12H,13H2,(H,23,24). The fourth-order valence-electron chi connectivity index (χ4n) is 2.71. The molecule has 3 heterocycles. The van der Waals surface area contributed by atoms with Crippen molar-refractivity contribution in [1.29, 1.82) is 0 Å². The Kier molecular flexibility index (Phi) is 4.23. The van der Waals surface area contributed by atoms with E-state index in [-0.39, 0.29) is 5.91 Å². The monoisotopic (exact) mass is 345 g/mol. The van der Waals surface area contributed by atoms with Crippen LogP contribution in [0.3, 0.4) is 0 Å². The highest BCUT2D eigenvalue weighted by atomic mass is 32.1. The summed E-state index contributed by atoms with van der Waals surface area (Å²) >= 11 is 1.51. The van der Waals surface area contributed by atoms with Crippen LogP contribution in [0.25, 0.3) is 21.3 Å². The number of hydrogen-bond donors (Lipinski definition) is 1. The van der Waals surface area contributed by atoms with Gasteiger partial charge >= 0.3 is 0 Å². The van der Waals surface area contributed by atoms with E-state index in [4.69, 9.17) is 0 Å². The van der Waals surface area contributed by atoms with Gasteiger partial charge in [-0.15, -0.1) is 11.3 Å². The van der Waals surface area contributed by atoms with Crippen LogP contribution >= 0.6 is 11.3 Å². The molecule has 0 spiro atoms. The molecule has 4 aromatic rings. The van der Waals surface area contributed by atoms with E-state index < -0.39 is 0 Å². The molecule has 1 N–H and O–H groups in total. The van der Waals surface area contributed by atoms with E-state index in [1.54, 1.807) is 18.6 Å². The number of thiophene rings is 1. The van der Waals surface area contributed by atoms with Crippen LogP contribution in [0, 0.1) is 0 Å². The molecule has 0 aliphatic rings. The van der Waals surface area contributed by atoms with E-state index in [1.807, 2.05) is 54.6 Å². The maximum absolute atomic E-state index is 12.5. The van der Waals surface area contributed by atoms with Gasteiger partial charge in [0.1, 0.15) is 0 Å². The van der Waals surface area contributed by atoms with Crippen molar-refractivity contribution in [3.05, 3.63) is 83.6 Å². The van der Waals surface area contributed by atoms with Crippen molar-refractivity contribution < 1.29 is 4.79 Å². The van der Waals surface area contributed by atoms with E-state index >= 15 is 0 Å². The van der Waals surface area contributed by atoms with Crippen molar-refractivity contribution in [3.63, 3.8) is 0 Å². The van der Waals surface area contributed by atoms with Gasteiger partial charge in [-0.25, -0.2) is 0 Å². The quantitative estimate of drug-likeness (QED) is 0.600. The van der Waals surface area contributed by atoms with Crippen LogP contribution in [0.1, 0.15) is 15.2 Å². The summed E-state index contributed by atoms with van der Waals surface area (Å²) in [5, 5.41) is 4.10. The number of carbonyl (C=O) groups is 1. The highest BCUT2D eigenvalue weighted by Crippen LogP contribution is 2.25. The fourth-order valence-corrected chi connectivity index (χ4v) is 3.69. The fraction of sp³-hybridized carbons (Fsp3) is 0.0500. The molecule has 122 valence electrons. The van der Waals surface area contributed by atoms with Gasteiger partial charge in [-0.3, -0.25) is 14.8 Å². The average Bonchev–Trinajstić information content (AvgIpc) is 3.11. The second kappa shape index (κ2) is 6.83. The van der Waals surface area contributed by atoms with Crippen LogP contribution in [0.15, 0.2) is 73.2 Å². The second-order valence-corrected chi connectivity index (χ2v) is 6.66. The minimum absolute atomic E-state index is 0.0641. The minimum atomic E-state index is -0.0641. The third-order valence-electron chi connectivity index (χ3n) is 3.93. The first-order chi connectivity index (χ1) is 12.3. The summed E-state index contributed by atoms with van der Waals surface area (Å²) in [6.07, 6.45) is 5.24. The first-order valence-electron chi connectivity index (χ1n) is 7.92. The lowest BCUT2D eigenvalue weighted by Crippen LogP contribution is -2.22. The molecule has 5 heteroatoms. The number of aromatic nitrogens is 2. The number of carbonyl (C=O) groups excluding carboxylic acids is 1. The van der Waals surface area contributed by atoms with Gasteiger partial charge in [0.2, 0.25) is 0 Å². The van der Waals surface area contributed by atoms with Crippen LogP contribution in [0.5, 0.6) is 0 Å². The highest BCUT2D eigenvalue weighted by molar-refractivity contribution is 7.20. The number of hydrogen-bond acceptors (Lipinski definition) is 4. The Morgan fingerprint density at radius 1 is 1.00 bits per heavy atom. The highest BCUT2D eigenvalue weighted by Gasteiger charge is 2.12. The summed E-state index contributed by atoms with van der Waals surface area (Å²) in [6.45, 7) is 0.429. The van der Waals surface area contributed by atoms with Gasteiger partial charge in [-0.2, -0.15) is 0 Å². The topological polar surface area (TPSA) is 54.9 Å². The lowest BCUT2D eigenvalue weighted by atomic mass is 10.1. The summed E-state index contributed by atoms with van der Waals surface area (Å²) in [5.41, 5.74) is 2.83. The molecule has 0 aliphatic carbocycles. The molecule has 0 unspecified atom stereocenters. The normalized spacial score (nSPS) is 10.7. The van der Waals surface area contributed by atoms with E-state index in [1.165, 1.54) is 11.3 Å². The van der Waals surface area contributed by atoms with Gasteiger partial charge in [0.05, 0.1) is 10.6 Å². The molecule has 0 saturated carbocycles. The van der Waals surface area contributed by atoms with Gasteiger partial charge < -0.3 is 5.32 Å². The Labute approximate surface area is 149 Å². The number of nitrogens with zero attached hydrogens (tertiary/aromatic N) is 2. The molecule has 4 nitrogen and oxygen atoms in total. The van der Waals surface area contributed by atoms with Gasteiger partial charge in [0.15, 0.2) is 0 Å². The maximum Gasteiger partial charge on any atom is 0.261 e. The molecule has 0 aliphatic heterocycles. The SMILES string of the molecule is O=C(NCc1cccnc1-c1ccncc1)c1cc2ccccc2s1. The third kappa shape index (κ3) is 3.27. The molecule has 25 heavy (non-hydrogen) atoms. The first kappa shape index (κ1) is 15.5. The largest absolute Gasteiger partial charge is 0.347 e. The number of benzene rings is 1. The summed E-state index contributed by atoms with van der Waals surface area (Å²) < 4.78 is 1.12. The average molecular weight is 345 g/mol. The lowest BCUT2D eigenvalue weighted by molar-refractivity contribution is 0.0955. The second-order valence-electron chi connectivity index (χ2n) is 5.58. The van der Waals surface area contributed by atoms with Crippen LogP contribution < -0.4 is 5.32 Å². The number of amides is 1. The zero-order chi connectivity index (χ0) is 17.1. The van der Waals surface area contributed by atoms with Gasteiger partial charge in [0.25, 0.3) is 5.91 Å². The number of pyridine rings is 2. The molecule has 1 aromatic carbocycles. The molecular weight excluding hydrogens is 330 g/mol. The Bertz CT molecular complexity index is 994. The van der Waals surface area contributed by atoms with Crippen molar-refractivity contribution >= 4 is 27.3 Å². The molecule has 3 aromatic heterocycles. The van der Waals surface area contributed by atoms with E-state index in [0.29, 0.717) is 6.54 Å². The van der Waals surface area contributed by atoms with Crippen molar-refractivity contribution in [3.8, 4) is 11.3 Å².